The number of hydrogen-bond donors (Lipinski definition) is 0. The van der Waals surface area contributed by atoms with Crippen molar-refractivity contribution in [3.63, 3.8) is 0 Å². The van der Waals surface area contributed by atoms with Gasteiger partial charge in [0, 0.05) is 17.5 Å². The molecule has 6 heteroatoms. The van der Waals surface area contributed by atoms with E-state index >= 15 is 0 Å². The van der Waals surface area contributed by atoms with Crippen molar-refractivity contribution in [3.8, 4) is 11.5 Å². The Balaban J connectivity index is 1.52. The van der Waals surface area contributed by atoms with Crippen LogP contribution in [0.4, 0.5) is 0 Å². The lowest BCUT2D eigenvalue weighted by Gasteiger charge is -2.32. The summed E-state index contributed by atoms with van der Waals surface area (Å²) in [7, 11) is 0. The van der Waals surface area contributed by atoms with Crippen LogP contribution in [0.3, 0.4) is 0 Å². The maximum atomic E-state index is 12.6. The third kappa shape index (κ3) is 2.68. The molecule has 2 aliphatic rings. The van der Waals surface area contributed by atoms with Crippen molar-refractivity contribution in [2.75, 3.05) is 13.3 Å². The molecule has 24 heavy (non-hydrogen) atoms. The molecule has 2 aromatic rings. The van der Waals surface area contributed by atoms with Gasteiger partial charge in [0.1, 0.15) is 0 Å². The highest BCUT2D eigenvalue weighted by Gasteiger charge is 2.27. The fourth-order valence-electron chi connectivity index (χ4n) is 3.16. The van der Waals surface area contributed by atoms with Crippen LogP contribution in [0.1, 0.15) is 29.0 Å². The summed E-state index contributed by atoms with van der Waals surface area (Å²) in [5.41, 5.74) is 2.08. The molecule has 0 spiro atoms. The van der Waals surface area contributed by atoms with E-state index in [4.69, 9.17) is 21.1 Å². The van der Waals surface area contributed by atoms with E-state index in [0.29, 0.717) is 16.5 Å². The van der Waals surface area contributed by atoms with Crippen molar-refractivity contribution in [1.82, 2.24) is 4.90 Å². The number of fused-ring (bicyclic) bond motifs is 2. The van der Waals surface area contributed by atoms with Gasteiger partial charge in [0.25, 0.3) is 0 Å². The molecule has 4 nitrogen and oxygen atoms in total. The molecule has 0 aliphatic carbocycles. The monoisotopic (exact) mass is 361 g/mol. The number of ether oxygens (including phenoxy) is 2. The van der Waals surface area contributed by atoms with Gasteiger partial charge in [-0.2, -0.15) is 0 Å². The van der Waals surface area contributed by atoms with Gasteiger partial charge < -0.3 is 14.4 Å². The Hall–Kier alpha value is -1.98. The molecule has 124 valence electrons. The van der Waals surface area contributed by atoms with Crippen molar-refractivity contribution in [2.24, 2.45) is 0 Å². The summed E-state index contributed by atoms with van der Waals surface area (Å²) in [4.78, 5) is 15.9. The predicted molar refractivity (Wildman–Crippen MR) is 94.8 cm³/mol. The summed E-state index contributed by atoms with van der Waals surface area (Å²) < 4.78 is 10.6. The molecule has 0 fully saturated rings. The first-order valence-electron chi connectivity index (χ1n) is 7.77. The number of hydrogen-bond acceptors (Lipinski definition) is 4. The molecule has 0 saturated carbocycles. The number of carbonyl (C=O) groups excluding carboxylic acids is 1. The first-order chi connectivity index (χ1) is 11.6. The van der Waals surface area contributed by atoms with Crippen molar-refractivity contribution in [2.45, 2.75) is 19.4 Å². The van der Waals surface area contributed by atoms with Gasteiger partial charge in [0.2, 0.25) is 12.7 Å². The standard InChI is InChI=1S/C18H16ClNO3S/c1-11-13-5-7-24-16(13)4-6-20(11)17(21)3-2-12-8-14(19)18-15(9-12)22-10-23-18/h2-3,5,7-9,11H,4,6,10H2,1H3/b3-2+/t11-/m1/s1. The highest BCUT2D eigenvalue weighted by molar-refractivity contribution is 7.10. The van der Waals surface area contributed by atoms with Crippen LogP contribution in [0.5, 0.6) is 11.5 Å². The Bertz CT molecular complexity index is 830. The van der Waals surface area contributed by atoms with Gasteiger partial charge in [0.05, 0.1) is 11.1 Å². The average Bonchev–Trinajstić information content (AvgIpc) is 3.22. The van der Waals surface area contributed by atoms with E-state index < -0.39 is 0 Å². The summed E-state index contributed by atoms with van der Waals surface area (Å²) in [6.45, 7) is 3.00. The molecule has 1 aromatic carbocycles. The lowest BCUT2D eigenvalue weighted by molar-refractivity contribution is -0.128. The van der Waals surface area contributed by atoms with Gasteiger partial charge in [0.15, 0.2) is 11.5 Å². The quantitative estimate of drug-likeness (QED) is 0.749. The van der Waals surface area contributed by atoms with Gasteiger partial charge in [-0.3, -0.25) is 4.79 Å². The summed E-state index contributed by atoms with van der Waals surface area (Å²) >= 11 is 7.94. The summed E-state index contributed by atoms with van der Waals surface area (Å²) in [6, 6.07) is 5.83. The van der Waals surface area contributed by atoms with Crippen LogP contribution in [0.25, 0.3) is 6.08 Å². The van der Waals surface area contributed by atoms with E-state index in [1.165, 1.54) is 10.4 Å². The van der Waals surface area contributed by atoms with Gasteiger partial charge in [-0.25, -0.2) is 0 Å². The third-order valence-corrected chi connectivity index (χ3v) is 5.71. The van der Waals surface area contributed by atoms with Crippen molar-refractivity contribution >= 4 is 34.9 Å². The number of thiophene rings is 1. The van der Waals surface area contributed by atoms with Crippen LogP contribution in [-0.2, 0) is 11.2 Å². The molecule has 1 amide bonds. The number of nitrogens with zero attached hydrogens (tertiary/aromatic N) is 1. The fourth-order valence-corrected chi connectivity index (χ4v) is 4.39. The van der Waals surface area contributed by atoms with Crippen LogP contribution in [0.15, 0.2) is 29.7 Å². The normalized spacial score (nSPS) is 18.9. The number of carbonyl (C=O) groups is 1. The van der Waals surface area contributed by atoms with Gasteiger partial charge in [-0.05, 0) is 54.1 Å². The molecule has 3 heterocycles. The van der Waals surface area contributed by atoms with E-state index in [-0.39, 0.29) is 18.7 Å². The summed E-state index contributed by atoms with van der Waals surface area (Å²) in [6.07, 6.45) is 4.29. The molecule has 0 N–H and O–H groups in total. The molecular weight excluding hydrogens is 346 g/mol. The highest BCUT2D eigenvalue weighted by atomic mass is 35.5. The zero-order valence-corrected chi connectivity index (χ0v) is 14.7. The zero-order chi connectivity index (χ0) is 16.7. The minimum Gasteiger partial charge on any atom is -0.454 e. The lowest BCUT2D eigenvalue weighted by Crippen LogP contribution is -2.37. The molecular formula is C18H16ClNO3S. The van der Waals surface area contributed by atoms with Gasteiger partial charge >= 0.3 is 0 Å². The Morgan fingerprint density at radius 3 is 3.17 bits per heavy atom. The molecule has 0 unspecified atom stereocenters. The molecule has 4 rings (SSSR count). The second-order valence-electron chi connectivity index (χ2n) is 5.83. The maximum absolute atomic E-state index is 12.6. The van der Waals surface area contributed by atoms with Crippen molar-refractivity contribution in [1.29, 1.82) is 0 Å². The Labute approximate surface area is 149 Å². The number of benzene rings is 1. The van der Waals surface area contributed by atoms with Crippen LogP contribution in [0.2, 0.25) is 5.02 Å². The van der Waals surface area contributed by atoms with E-state index in [1.54, 1.807) is 29.6 Å². The van der Waals surface area contributed by atoms with Gasteiger partial charge in [-0.1, -0.05) is 11.6 Å². The molecule has 0 bridgehead atoms. The molecule has 2 aliphatic heterocycles. The van der Waals surface area contributed by atoms with Crippen molar-refractivity contribution < 1.29 is 14.3 Å². The topological polar surface area (TPSA) is 38.8 Å². The molecule has 0 radical (unpaired) electrons. The predicted octanol–water partition coefficient (Wildman–Crippen LogP) is 4.29. The van der Waals surface area contributed by atoms with Crippen LogP contribution in [-0.4, -0.2) is 24.1 Å². The van der Waals surface area contributed by atoms with Gasteiger partial charge in [-0.15, -0.1) is 11.3 Å². The van der Waals surface area contributed by atoms with Crippen LogP contribution >= 0.6 is 22.9 Å². The smallest absolute Gasteiger partial charge is 0.247 e. The minimum absolute atomic E-state index is 0.00754. The SMILES string of the molecule is C[C@@H]1c2ccsc2CCN1C(=O)/C=C/c1cc(Cl)c2c(c1)OCO2. The number of amides is 1. The zero-order valence-electron chi connectivity index (χ0n) is 13.1. The number of halogens is 1. The first kappa shape index (κ1) is 15.5. The molecule has 1 atom stereocenters. The fraction of sp³-hybridized carbons (Fsp3) is 0.278. The first-order valence-corrected chi connectivity index (χ1v) is 9.03. The van der Waals surface area contributed by atoms with E-state index in [0.717, 1.165) is 18.5 Å². The second-order valence-corrected chi connectivity index (χ2v) is 7.23. The lowest BCUT2D eigenvalue weighted by atomic mass is 10.0. The van der Waals surface area contributed by atoms with Crippen molar-refractivity contribution in [3.05, 3.63) is 50.7 Å². The third-order valence-electron chi connectivity index (χ3n) is 4.43. The second kappa shape index (κ2) is 6.15. The average molecular weight is 362 g/mol. The van der Waals surface area contributed by atoms with E-state index in [9.17, 15) is 4.79 Å². The van der Waals surface area contributed by atoms with Crippen LogP contribution in [0, 0.1) is 0 Å². The van der Waals surface area contributed by atoms with Crippen LogP contribution < -0.4 is 9.47 Å². The largest absolute Gasteiger partial charge is 0.454 e. The summed E-state index contributed by atoms with van der Waals surface area (Å²) in [5, 5.41) is 2.59. The minimum atomic E-state index is 0.00754. The summed E-state index contributed by atoms with van der Waals surface area (Å²) in [5.74, 6) is 1.19. The maximum Gasteiger partial charge on any atom is 0.247 e. The molecule has 0 saturated heterocycles. The highest BCUT2D eigenvalue weighted by Crippen LogP contribution is 2.40. The number of rotatable bonds is 2. The Morgan fingerprint density at radius 1 is 1.42 bits per heavy atom. The Morgan fingerprint density at radius 2 is 2.29 bits per heavy atom. The Kier molecular flexibility index (Phi) is 3.98. The van der Waals surface area contributed by atoms with E-state index in [2.05, 4.69) is 18.4 Å². The van der Waals surface area contributed by atoms with E-state index in [1.807, 2.05) is 11.0 Å². The molecule has 1 aromatic heterocycles.